The normalized spacial score (nSPS) is 15.7. The van der Waals surface area contributed by atoms with Gasteiger partial charge in [-0.1, -0.05) is 50.3 Å². The summed E-state index contributed by atoms with van der Waals surface area (Å²) < 4.78 is 0.835. The van der Waals surface area contributed by atoms with Gasteiger partial charge in [0.25, 0.3) is 0 Å². The lowest BCUT2D eigenvalue weighted by molar-refractivity contribution is 0.367. The molecule has 0 aliphatic heterocycles. The van der Waals surface area contributed by atoms with Gasteiger partial charge in [0.2, 0.25) is 0 Å². The van der Waals surface area contributed by atoms with Crippen LogP contribution in [0.1, 0.15) is 40.5 Å². The summed E-state index contributed by atoms with van der Waals surface area (Å²) in [5.74, 6) is 0. The largest absolute Gasteiger partial charge is 0.0829 e. The fourth-order valence-corrected chi connectivity index (χ4v) is 0.943. The second kappa shape index (κ2) is 3.79. The van der Waals surface area contributed by atoms with Crippen molar-refractivity contribution in [1.29, 1.82) is 0 Å². The van der Waals surface area contributed by atoms with Gasteiger partial charge in [0.1, 0.15) is 0 Å². The van der Waals surface area contributed by atoms with E-state index in [1.165, 1.54) is 12.8 Å². The smallest absolute Gasteiger partial charge is 0.00815 e. The van der Waals surface area contributed by atoms with E-state index in [2.05, 4.69) is 50.3 Å². The maximum absolute atomic E-state index is 2.48. The van der Waals surface area contributed by atoms with Crippen LogP contribution >= 0.6 is 22.6 Å². The monoisotopic (exact) mass is 240 g/mol. The van der Waals surface area contributed by atoms with E-state index in [1.807, 2.05) is 0 Å². The first-order valence-electron chi connectivity index (χ1n) is 3.56. The van der Waals surface area contributed by atoms with Crippen molar-refractivity contribution in [3.8, 4) is 0 Å². The topological polar surface area (TPSA) is 0 Å². The molecule has 9 heavy (non-hydrogen) atoms. The van der Waals surface area contributed by atoms with Crippen molar-refractivity contribution in [1.82, 2.24) is 0 Å². The Morgan fingerprint density at radius 3 is 1.89 bits per heavy atom. The molecular weight excluding hydrogens is 223 g/mol. The first-order chi connectivity index (χ1) is 3.92. The van der Waals surface area contributed by atoms with Crippen LogP contribution in [-0.4, -0.2) is 3.92 Å². The van der Waals surface area contributed by atoms with Gasteiger partial charge < -0.3 is 0 Å². The second-order valence-electron chi connectivity index (χ2n) is 3.88. The van der Waals surface area contributed by atoms with Crippen LogP contribution in [0, 0.1) is 5.41 Å². The standard InChI is InChI=1S/C8H17I/c1-7(9)5-6-8(2,3)4/h7H,5-6H2,1-4H3. The minimum atomic E-state index is 0.527. The molecule has 0 aromatic rings. The summed E-state index contributed by atoms with van der Waals surface area (Å²) in [5, 5.41) is 0. The SMILES string of the molecule is CC(I)CCC(C)(C)C. The summed E-state index contributed by atoms with van der Waals surface area (Å²) in [4.78, 5) is 0. The molecule has 1 heteroatoms. The summed E-state index contributed by atoms with van der Waals surface area (Å²) in [5.41, 5.74) is 0.527. The van der Waals surface area contributed by atoms with Crippen LogP contribution in [0.15, 0.2) is 0 Å². The highest BCUT2D eigenvalue weighted by molar-refractivity contribution is 14.1. The number of rotatable bonds is 2. The van der Waals surface area contributed by atoms with Crippen LogP contribution in [0.5, 0.6) is 0 Å². The highest BCUT2D eigenvalue weighted by Gasteiger charge is 2.10. The molecule has 0 amide bonds. The Morgan fingerprint density at radius 1 is 1.33 bits per heavy atom. The fraction of sp³-hybridized carbons (Fsp3) is 1.00. The predicted molar refractivity (Wildman–Crippen MR) is 52.2 cm³/mol. The van der Waals surface area contributed by atoms with Crippen molar-refractivity contribution in [2.45, 2.75) is 44.5 Å². The third kappa shape index (κ3) is 8.73. The predicted octanol–water partition coefficient (Wildman–Crippen LogP) is 3.64. The highest BCUT2D eigenvalue weighted by Crippen LogP contribution is 2.23. The van der Waals surface area contributed by atoms with Gasteiger partial charge in [0.15, 0.2) is 0 Å². The Bertz CT molecular complexity index is 69.1. The Hall–Kier alpha value is 0.730. The molecule has 0 aliphatic rings. The minimum Gasteiger partial charge on any atom is -0.0829 e. The second-order valence-corrected chi connectivity index (χ2v) is 6.01. The Balaban J connectivity index is 3.28. The van der Waals surface area contributed by atoms with Crippen LogP contribution in [-0.2, 0) is 0 Å². The molecule has 0 rings (SSSR count). The summed E-state index contributed by atoms with van der Waals surface area (Å²) in [6, 6.07) is 0. The van der Waals surface area contributed by atoms with E-state index >= 15 is 0 Å². The zero-order chi connectivity index (χ0) is 7.49. The van der Waals surface area contributed by atoms with Crippen molar-refractivity contribution in [3.05, 3.63) is 0 Å². The van der Waals surface area contributed by atoms with Crippen molar-refractivity contribution < 1.29 is 0 Å². The van der Waals surface area contributed by atoms with E-state index in [9.17, 15) is 0 Å². The van der Waals surface area contributed by atoms with Crippen LogP contribution in [0.2, 0.25) is 0 Å². The quantitative estimate of drug-likeness (QED) is 0.510. The van der Waals surface area contributed by atoms with Crippen LogP contribution < -0.4 is 0 Å². The van der Waals surface area contributed by atoms with Crippen molar-refractivity contribution >= 4 is 22.6 Å². The molecule has 0 nitrogen and oxygen atoms in total. The first kappa shape index (κ1) is 9.73. The Kier molecular flexibility index (Phi) is 4.10. The van der Waals surface area contributed by atoms with Gasteiger partial charge in [-0.05, 0) is 18.3 Å². The lowest BCUT2D eigenvalue weighted by atomic mass is 9.90. The number of alkyl halides is 1. The van der Waals surface area contributed by atoms with Crippen LogP contribution in [0.4, 0.5) is 0 Å². The van der Waals surface area contributed by atoms with Crippen molar-refractivity contribution in [3.63, 3.8) is 0 Å². The average Bonchev–Trinajstić information content (AvgIpc) is 1.59. The van der Waals surface area contributed by atoms with Gasteiger partial charge in [0.05, 0.1) is 0 Å². The van der Waals surface area contributed by atoms with E-state index in [4.69, 9.17) is 0 Å². The molecule has 0 saturated heterocycles. The Morgan fingerprint density at radius 2 is 1.78 bits per heavy atom. The number of hydrogen-bond donors (Lipinski definition) is 0. The molecule has 1 unspecified atom stereocenters. The summed E-state index contributed by atoms with van der Waals surface area (Å²) in [6.45, 7) is 9.16. The summed E-state index contributed by atoms with van der Waals surface area (Å²) in [7, 11) is 0. The molecule has 0 aromatic carbocycles. The van der Waals surface area contributed by atoms with E-state index in [0.29, 0.717) is 5.41 Å². The van der Waals surface area contributed by atoms with E-state index in [1.54, 1.807) is 0 Å². The molecule has 0 fully saturated rings. The van der Waals surface area contributed by atoms with E-state index < -0.39 is 0 Å². The molecule has 0 N–H and O–H groups in total. The molecule has 0 bridgehead atoms. The molecule has 0 heterocycles. The molecule has 0 spiro atoms. The third-order valence-electron chi connectivity index (χ3n) is 1.29. The van der Waals surface area contributed by atoms with Gasteiger partial charge in [-0.25, -0.2) is 0 Å². The first-order valence-corrected chi connectivity index (χ1v) is 4.80. The molecule has 0 saturated carbocycles. The fourth-order valence-electron chi connectivity index (χ4n) is 0.632. The molecule has 0 aliphatic carbocycles. The maximum atomic E-state index is 2.48. The zero-order valence-corrected chi connectivity index (χ0v) is 9.03. The lowest BCUT2D eigenvalue weighted by Crippen LogP contribution is -2.06. The molecule has 0 radical (unpaired) electrons. The molecular formula is C8H17I. The Labute approximate surface area is 72.6 Å². The van der Waals surface area contributed by atoms with Gasteiger partial charge >= 0.3 is 0 Å². The minimum absolute atomic E-state index is 0.527. The zero-order valence-electron chi connectivity index (χ0n) is 6.87. The third-order valence-corrected chi connectivity index (χ3v) is 1.91. The van der Waals surface area contributed by atoms with E-state index in [-0.39, 0.29) is 0 Å². The summed E-state index contributed by atoms with van der Waals surface area (Å²) in [6.07, 6.45) is 2.70. The number of hydrogen-bond acceptors (Lipinski definition) is 0. The maximum Gasteiger partial charge on any atom is 0.00815 e. The van der Waals surface area contributed by atoms with Gasteiger partial charge in [0, 0.05) is 3.92 Å². The van der Waals surface area contributed by atoms with Gasteiger partial charge in [-0.3, -0.25) is 0 Å². The summed E-state index contributed by atoms with van der Waals surface area (Å²) >= 11 is 2.48. The van der Waals surface area contributed by atoms with Gasteiger partial charge in [-0.2, -0.15) is 0 Å². The molecule has 56 valence electrons. The van der Waals surface area contributed by atoms with Crippen LogP contribution in [0.3, 0.4) is 0 Å². The molecule has 1 atom stereocenters. The van der Waals surface area contributed by atoms with Crippen LogP contribution in [0.25, 0.3) is 0 Å². The lowest BCUT2D eigenvalue weighted by Gasteiger charge is -2.18. The van der Waals surface area contributed by atoms with E-state index in [0.717, 1.165) is 3.92 Å². The molecule has 0 aromatic heterocycles. The van der Waals surface area contributed by atoms with Crippen molar-refractivity contribution in [2.24, 2.45) is 5.41 Å². The van der Waals surface area contributed by atoms with Crippen molar-refractivity contribution in [2.75, 3.05) is 0 Å². The highest BCUT2D eigenvalue weighted by atomic mass is 127. The average molecular weight is 240 g/mol. The number of halogens is 1. The van der Waals surface area contributed by atoms with Gasteiger partial charge in [-0.15, -0.1) is 0 Å².